The highest BCUT2D eigenvalue weighted by atomic mass is 16.4. The molecule has 2 fully saturated rings. The van der Waals surface area contributed by atoms with E-state index in [-0.39, 0.29) is 17.2 Å². The number of hydrogen-bond donors (Lipinski definition) is 2. The van der Waals surface area contributed by atoms with Gasteiger partial charge in [-0.15, -0.1) is 6.58 Å². The number of nitrogens with zero attached hydrogens (tertiary/aromatic N) is 1. The molecule has 2 aliphatic rings. The van der Waals surface area contributed by atoms with Crippen molar-refractivity contribution >= 4 is 23.5 Å². The van der Waals surface area contributed by atoms with Crippen LogP contribution < -0.4 is 5.32 Å². The van der Waals surface area contributed by atoms with E-state index >= 15 is 0 Å². The average Bonchev–Trinajstić information content (AvgIpc) is 2.64. The summed E-state index contributed by atoms with van der Waals surface area (Å²) in [7, 11) is 0. The highest BCUT2D eigenvalue weighted by Crippen LogP contribution is 2.45. The maximum atomic E-state index is 12.9. The fourth-order valence-corrected chi connectivity index (χ4v) is 3.99. The normalized spacial score (nSPS) is 21.0. The molecule has 1 aliphatic carbocycles. The lowest BCUT2D eigenvalue weighted by atomic mass is 9.66. The molecule has 2 N–H and O–H groups in total. The molecule has 1 heterocycles. The van der Waals surface area contributed by atoms with Crippen LogP contribution in [0, 0.1) is 5.41 Å². The van der Waals surface area contributed by atoms with Gasteiger partial charge in [-0.2, -0.15) is 0 Å². The number of rotatable bonds is 6. The second-order valence-electron chi connectivity index (χ2n) is 7.51. The first-order valence-corrected chi connectivity index (χ1v) is 9.53. The van der Waals surface area contributed by atoms with Crippen molar-refractivity contribution < 1.29 is 19.5 Å². The number of piperidine rings is 1. The zero-order valence-corrected chi connectivity index (χ0v) is 15.4. The minimum atomic E-state index is -0.969. The van der Waals surface area contributed by atoms with Crippen LogP contribution in [0.5, 0.6) is 0 Å². The van der Waals surface area contributed by atoms with E-state index in [4.69, 9.17) is 0 Å². The summed E-state index contributed by atoms with van der Waals surface area (Å²) in [4.78, 5) is 38.4. The average molecular weight is 370 g/mol. The number of carboxylic acid groups (broad SMARTS) is 1. The van der Waals surface area contributed by atoms with Crippen LogP contribution in [0.15, 0.2) is 36.9 Å². The first-order valence-electron chi connectivity index (χ1n) is 9.53. The Kier molecular flexibility index (Phi) is 5.63. The van der Waals surface area contributed by atoms with Crippen molar-refractivity contribution in [3.05, 3.63) is 42.5 Å². The van der Waals surface area contributed by atoms with E-state index < -0.39 is 12.0 Å². The number of amides is 2. The molecule has 1 aromatic rings. The number of likely N-dealkylation sites (tertiary alicyclic amines) is 1. The van der Waals surface area contributed by atoms with Gasteiger partial charge in [0.05, 0.1) is 5.41 Å². The lowest BCUT2D eigenvalue weighted by Gasteiger charge is -2.39. The molecule has 1 aliphatic heterocycles. The number of anilines is 1. The standard InChI is InChI=1S/C21H26N2O4/c1-2-10-21(11-6-12-21)20(27)22-16-8-5-7-15(14-16)18(24)23-13-4-3-9-17(23)19(25)26/h2,5,7-8,14,17H,1,3-4,6,9-13H2,(H,22,27)(H,25,26). The third-order valence-corrected chi connectivity index (χ3v) is 5.74. The summed E-state index contributed by atoms with van der Waals surface area (Å²) >= 11 is 0. The molecular weight excluding hydrogens is 344 g/mol. The van der Waals surface area contributed by atoms with Crippen LogP contribution in [0.1, 0.15) is 55.3 Å². The largest absolute Gasteiger partial charge is 0.480 e. The van der Waals surface area contributed by atoms with Crippen molar-refractivity contribution in [1.82, 2.24) is 4.90 Å². The zero-order chi connectivity index (χ0) is 19.4. The van der Waals surface area contributed by atoms with Gasteiger partial charge in [-0.25, -0.2) is 4.79 Å². The summed E-state index contributed by atoms with van der Waals surface area (Å²) in [6.45, 7) is 4.19. The molecule has 1 aromatic carbocycles. The van der Waals surface area contributed by atoms with Crippen molar-refractivity contribution in [3.63, 3.8) is 0 Å². The first kappa shape index (κ1) is 19.1. The highest BCUT2D eigenvalue weighted by molar-refractivity contribution is 6.00. The molecule has 6 heteroatoms. The Balaban J connectivity index is 1.75. The highest BCUT2D eigenvalue weighted by Gasteiger charge is 2.42. The van der Waals surface area contributed by atoms with Crippen LogP contribution >= 0.6 is 0 Å². The van der Waals surface area contributed by atoms with Gasteiger partial charge in [-0.05, 0) is 56.7 Å². The maximum Gasteiger partial charge on any atom is 0.326 e. The molecule has 3 rings (SSSR count). The minimum Gasteiger partial charge on any atom is -0.480 e. The molecule has 1 unspecified atom stereocenters. The number of aliphatic carboxylic acids is 1. The number of carbonyl (C=O) groups is 3. The van der Waals surface area contributed by atoms with E-state index in [9.17, 15) is 19.5 Å². The van der Waals surface area contributed by atoms with E-state index in [1.54, 1.807) is 30.3 Å². The summed E-state index contributed by atoms with van der Waals surface area (Å²) in [6, 6.07) is 5.97. The third-order valence-electron chi connectivity index (χ3n) is 5.74. The van der Waals surface area contributed by atoms with Crippen LogP contribution in [0.25, 0.3) is 0 Å². The molecule has 0 aromatic heterocycles. The summed E-state index contributed by atoms with van der Waals surface area (Å²) in [5, 5.41) is 12.3. The van der Waals surface area contributed by atoms with Crippen molar-refractivity contribution in [2.45, 2.75) is 51.0 Å². The number of carboxylic acids is 1. The predicted molar refractivity (Wildman–Crippen MR) is 102 cm³/mol. The number of carbonyl (C=O) groups excluding carboxylic acids is 2. The van der Waals surface area contributed by atoms with Gasteiger partial charge in [-0.1, -0.05) is 18.6 Å². The Labute approximate surface area is 159 Å². The van der Waals surface area contributed by atoms with E-state index in [1.807, 2.05) is 0 Å². The topological polar surface area (TPSA) is 86.7 Å². The van der Waals surface area contributed by atoms with Gasteiger partial charge in [0.25, 0.3) is 5.91 Å². The number of allylic oxidation sites excluding steroid dienone is 1. The van der Waals surface area contributed by atoms with Crippen molar-refractivity contribution in [2.24, 2.45) is 5.41 Å². The van der Waals surface area contributed by atoms with Gasteiger partial charge in [-0.3, -0.25) is 9.59 Å². The second-order valence-corrected chi connectivity index (χ2v) is 7.51. The SMILES string of the molecule is C=CCC1(C(=O)Nc2cccc(C(=O)N3CCCCC3C(=O)O)c2)CCC1. The Morgan fingerprint density at radius 3 is 2.67 bits per heavy atom. The van der Waals surface area contributed by atoms with Gasteiger partial charge < -0.3 is 15.3 Å². The predicted octanol–water partition coefficient (Wildman–Crippen LogP) is 3.45. The summed E-state index contributed by atoms with van der Waals surface area (Å²) < 4.78 is 0. The smallest absolute Gasteiger partial charge is 0.326 e. The van der Waals surface area contributed by atoms with Gasteiger partial charge in [0.2, 0.25) is 5.91 Å². The molecule has 0 spiro atoms. The summed E-state index contributed by atoms with van der Waals surface area (Å²) in [6.07, 6.45) is 7.23. The van der Waals surface area contributed by atoms with Crippen LogP contribution in [-0.4, -0.2) is 40.4 Å². The van der Waals surface area contributed by atoms with Crippen LogP contribution in [0.4, 0.5) is 5.69 Å². The molecule has 1 saturated carbocycles. The minimum absolute atomic E-state index is 0.0420. The summed E-state index contributed by atoms with van der Waals surface area (Å²) in [5.74, 6) is -1.31. The van der Waals surface area contributed by atoms with E-state index in [0.717, 1.165) is 32.1 Å². The lowest BCUT2D eigenvalue weighted by molar-refractivity contribution is -0.143. The molecule has 1 saturated heterocycles. The fourth-order valence-electron chi connectivity index (χ4n) is 3.99. The van der Waals surface area contributed by atoms with Crippen molar-refractivity contribution in [3.8, 4) is 0 Å². The van der Waals surface area contributed by atoms with Gasteiger partial charge in [0.15, 0.2) is 0 Å². The molecule has 1 atom stereocenters. The molecular formula is C21H26N2O4. The van der Waals surface area contributed by atoms with E-state index in [2.05, 4.69) is 11.9 Å². The Bertz CT molecular complexity index is 754. The first-order chi connectivity index (χ1) is 13.0. The molecule has 0 radical (unpaired) electrons. The Morgan fingerprint density at radius 1 is 1.26 bits per heavy atom. The van der Waals surface area contributed by atoms with Crippen LogP contribution in [0.3, 0.4) is 0 Å². The third kappa shape index (κ3) is 3.89. The zero-order valence-electron chi connectivity index (χ0n) is 15.4. The molecule has 2 amide bonds. The van der Waals surface area contributed by atoms with Crippen LogP contribution in [0.2, 0.25) is 0 Å². The summed E-state index contributed by atoms with van der Waals surface area (Å²) in [5.41, 5.74) is 0.570. The number of benzene rings is 1. The van der Waals surface area contributed by atoms with Crippen molar-refractivity contribution in [2.75, 3.05) is 11.9 Å². The van der Waals surface area contributed by atoms with E-state index in [0.29, 0.717) is 30.6 Å². The van der Waals surface area contributed by atoms with Gasteiger partial charge in [0.1, 0.15) is 6.04 Å². The monoisotopic (exact) mass is 370 g/mol. The molecule has 144 valence electrons. The van der Waals surface area contributed by atoms with Crippen LogP contribution in [-0.2, 0) is 9.59 Å². The molecule has 27 heavy (non-hydrogen) atoms. The Morgan fingerprint density at radius 2 is 2.04 bits per heavy atom. The second kappa shape index (κ2) is 7.94. The molecule has 6 nitrogen and oxygen atoms in total. The maximum absolute atomic E-state index is 12.9. The number of nitrogens with one attached hydrogen (secondary N) is 1. The Hall–Kier alpha value is -2.63. The quantitative estimate of drug-likeness (QED) is 0.751. The fraction of sp³-hybridized carbons (Fsp3) is 0.476. The van der Waals surface area contributed by atoms with Gasteiger partial charge in [0, 0.05) is 17.8 Å². The number of hydrogen-bond acceptors (Lipinski definition) is 3. The van der Waals surface area contributed by atoms with Gasteiger partial charge >= 0.3 is 5.97 Å². The lowest BCUT2D eigenvalue weighted by Crippen LogP contribution is -2.48. The van der Waals surface area contributed by atoms with Crippen molar-refractivity contribution in [1.29, 1.82) is 0 Å². The molecule has 0 bridgehead atoms. The van der Waals surface area contributed by atoms with E-state index in [1.165, 1.54) is 4.90 Å².